The molecule has 1 rings (SSSR count). The number of halogens is 6. The average Bonchev–Trinajstić information content (AvgIpc) is 2.71. The number of amidine groups is 1. The summed E-state index contributed by atoms with van der Waals surface area (Å²) in [6.07, 6.45) is -10.6. The van der Waals surface area contributed by atoms with Gasteiger partial charge in [0, 0.05) is 12.0 Å². The van der Waals surface area contributed by atoms with Crippen LogP contribution >= 0.6 is 0 Å². The minimum atomic E-state index is -5.74. The van der Waals surface area contributed by atoms with Crippen LogP contribution in [0.3, 0.4) is 0 Å². The first kappa shape index (κ1) is 17.4. The van der Waals surface area contributed by atoms with Gasteiger partial charge in [-0.25, -0.2) is 0 Å². The first-order valence-corrected chi connectivity index (χ1v) is 5.89. The summed E-state index contributed by atoms with van der Waals surface area (Å²) in [5.41, 5.74) is 5.30. The summed E-state index contributed by atoms with van der Waals surface area (Å²) >= 11 is 0. The van der Waals surface area contributed by atoms with Crippen LogP contribution in [0.4, 0.5) is 26.3 Å². The van der Waals surface area contributed by atoms with E-state index in [9.17, 15) is 31.1 Å². The third-order valence-electron chi connectivity index (χ3n) is 3.26. The molecule has 1 amide bonds. The van der Waals surface area contributed by atoms with Crippen molar-refractivity contribution in [3.8, 4) is 0 Å². The summed E-state index contributed by atoms with van der Waals surface area (Å²) in [7, 11) is 0. The fourth-order valence-electron chi connectivity index (χ4n) is 2.31. The Morgan fingerprint density at radius 2 is 1.71 bits per heavy atom. The molecule has 0 aromatic rings. The molecule has 0 spiro atoms. The zero-order valence-electron chi connectivity index (χ0n) is 10.5. The minimum absolute atomic E-state index is 0.148. The van der Waals surface area contributed by atoms with Gasteiger partial charge in [-0.3, -0.25) is 4.79 Å². The van der Waals surface area contributed by atoms with Crippen molar-refractivity contribution in [3.05, 3.63) is 0 Å². The quantitative estimate of drug-likeness (QED) is 0.243. The molecule has 11 heteroatoms. The lowest BCUT2D eigenvalue weighted by molar-refractivity contribution is -0.274. The van der Waals surface area contributed by atoms with Crippen molar-refractivity contribution >= 4 is 11.7 Å². The predicted molar refractivity (Wildman–Crippen MR) is 58.3 cm³/mol. The Morgan fingerprint density at radius 1 is 1.19 bits per heavy atom. The lowest BCUT2D eigenvalue weighted by Gasteiger charge is -2.26. The molecule has 2 atom stereocenters. The standard InChI is InChI=1S/C10H13F6N3O2/c11-9(12,13)6(10(14,15)16)8(20)18-5-3-1-2-4(5)7(17)19-21/h4-6,21H,1-3H2,(H2,17,19)(H,18,20). The number of nitrogens with zero attached hydrogens (tertiary/aromatic N) is 1. The van der Waals surface area contributed by atoms with E-state index in [0.717, 1.165) is 0 Å². The van der Waals surface area contributed by atoms with Gasteiger partial charge in [0.2, 0.25) is 11.8 Å². The maximum atomic E-state index is 12.4. The molecule has 122 valence electrons. The van der Waals surface area contributed by atoms with Crippen molar-refractivity contribution in [2.24, 2.45) is 22.7 Å². The molecule has 0 heterocycles. The molecule has 0 aliphatic heterocycles. The number of rotatable bonds is 3. The van der Waals surface area contributed by atoms with E-state index in [1.165, 1.54) is 0 Å². The highest BCUT2D eigenvalue weighted by atomic mass is 19.4. The molecular weight excluding hydrogens is 308 g/mol. The van der Waals surface area contributed by atoms with Gasteiger partial charge in [0.1, 0.15) is 5.84 Å². The summed E-state index contributed by atoms with van der Waals surface area (Å²) in [5.74, 6) is -7.41. The van der Waals surface area contributed by atoms with E-state index in [-0.39, 0.29) is 12.3 Å². The van der Waals surface area contributed by atoms with Gasteiger partial charge < -0.3 is 16.3 Å². The van der Waals surface area contributed by atoms with Gasteiger partial charge in [-0.2, -0.15) is 26.3 Å². The fraction of sp³-hybridized carbons (Fsp3) is 0.800. The molecule has 0 radical (unpaired) electrons. The van der Waals surface area contributed by atoms with E-state index in [1.807, 2.05) is 0 Å². The normalized spacial score (nSPS) is 24.4. The van der Waals surface area contributed by atoms with Crippen LogP contribution in [-0.2, 0) is 4.79 Å². The number of nitrogens with one attached hydrogen (secondary N) is 1. The number of carbonyl (C=O) groups is 1. The SMILES string of the molecule is NC(=NO)C1CCCC1NC(=O)C(C(F)(F)F)C(F)(F)F. The topological polar surface area (TPSA) is 87.7 Å². The second kappa shape index (κ2) is 5.98. The summed E-state index contributed by atoms with van der Waals surface area (Å²) in [6, 6.07) is -1.03. The summed E-state index contributed by atoms with van der Waals surface area (Å²) < 4.78 is 74.4. The first-order chi connectivity index (χ1) is 9.48. The monoisotopic (exact) mass is 321 g/mol. The number of hydrogen-bond acceptors (Lipinski definition) is 3. The largest absolute Gasteiger partial charge is 0.409 e. The van der Waals surface area contributed by atoms with Crippen LogP contribution in [0.25, 0.3) is 0 Å². The summed E-state index contributed by atoms with van der Waals surface area (Å²) in [5, 5.41) is 12.9. The Bertz CT molecular complexity index is 406. The lowest BCUT2D eigenvalue weighted by atomic mass is 10.0. The molecule has 2 unspecified atom stereocenters. The Balaban J connectivity index is 2.88. The Kier molecular flexibility index (Phi) is 4.95. The van der Waals surface area contributed by atoms with Crippen molar-refractivity contribution in [2.75, 3.05) is 0 Å². The maximum Gasteiger partial charge on any atom is 0.409 e. The Hall–Kier alpha value is -1.68. The molecule has 0 aromatic carbocycles. The number of carbonyl (C=O) groups excluding carboxylic acids is 1. The average molecular weight is 321 g/mol. The highest BCUT2D eigenvalue weighted by molar-refractivity contribution is 5.85. The smallest absolute Gasteiger partial charge is 0.409 e. The maximum absolute atomic E-state index is 12.4. The first-order valence-electron chi connectivity index (χ1n) is 5.89. The van der Waals surface area contributed by atoms with E-state index in [0.29, 0.717) is 12.8 Å². The zero-order chi connectivity index (χ0) is 16.4. The van der Waals surface area contributed by atoms with Crippen molar-refractivity contribution < 1.29 is 36.3 Å². The van der Waals surface area contributed by atoms with Crippen molar-refractivity contribution in [3.63, 3.8) is 0 Å². The van der Waals surface area contributed by atoms with Crippen LogP contribution in [-0.4, -0.2) is 35.3 Å². The molecule has 1 aliphatic rings. The van der Waals surface area contributed by atoms with Gasteiger partial charge in [-0.15, -0.1) is 0 Å². The van der Waals surface area contributed by atoms with E-state index < -0.39 is 36.1 Å². The zero-order valence-corrected chi connectivity index (χ0v) is 10.5. The van der Waals surface area contributed by atoms with Crippen LogP contribution in [0, 0.1) is 11.8 Å². The molecule has 4 N–H and O–H groups in total. The molecule has 21 heavy (non-hydrogen) atoms. The van der Waals surface area contributed by atoms with Gasteiger partial charge in [0.15, 0.2) is 0 Å². The molecule has 1 fully saturated rings. The number of oxime groups is 1. The third kappa shape index (κ3) is 4.14. The third-order valence-corrected chi connectivity index (χ3v) is 3.26. The van der Waals surface area contributed by atoms with Crippen molar-refractivity contribution in [2.45, 2.75) is 37.7 Å². The summed E-state index contributed by atoms with van der Waals surface area (Å²) in [6.45, 7) is 0. The van der Waals surface area contributed by atoms with E-state index in [2.05, 4.69) is 5.16 Å². The molecular formula is C10H13F6N3O2. The predicted octanol–water partition coefficient (Wildman–Crippen LogP) is 1.76. The second-order valence-corrected chi connectivity index (χ2v) is 4.69. The van der Waals surface area contributed by atoms with Gasteiger partial charge in [-0.05, 0) is 12.8 Å². The molecule has 0 saturated heterocycles. The van der Waals surface area contributed by atoms with Crippen LogP contribution in [0.1, 0.15) is 19.3 Å². The summed E-state index contributed by atoms with van der Waals surface area (Å²) in [4.78, 5) is 11.4. The molecule has 1 aliphatic carbocycles. The number of alkyl halides is 6. The van der Waals surface area contributed by atoms with Gasteiger partial charge >= 0.3 is 12.4 Å². The minimum Gasteiger partial charge on any atom is -0.409 e. The fourth-order valence-corrected chi connectivity index (χ4v) is 2.31. The van der Waals surface area contributed by atoms with Crippen molar-refractivity contribution in [1.82, 2.24) is 5.32 Å². The van der Waals surface area contributed by atoms with Crippen molar-refractivity contribution in [1.29, 1.82) is 0 Å². The Morgan fingerprint density at radius 3 is 2.14 bits per heavy atom. The van der Waals surface area contributed by atoms with Crippen LogP contribution in [0.2, 0.25) is 0 Å². The van der Waals surface area contributed by atoms with Crippen LogP contribution < -0.4 is 11.1 Å². The molecule has 0 bridgehead atoms. The van der Waals surface area contributed by atoms with E-state index >= 15 is 0 Å². The Labute approximate surface area is 115 Å². The van der Waals surface area contributed by atoms with Gasteiger partial charge in [-0.1, -0.05) is 11.6 Å². The highest BCUT2D eigenvalue weighted by Gasteiger charge is 2.61. The van der Waals surface area contributed by atoms with E-state index in [1.54, 1.807) is 5.32 Å². The van der Waals surface area contributed by atoms with Gasteiger partial charge in [0.05, 0.1) is 0 Å². The lowest BCUT2D eigenvalue weighted by Crippen LogP contribution is -2.52. The number of nitrogens with two attached hydrogens (primary N) is 1. The molecule has 1 saturated carbocycles. The van der Waals surface area contributed by atoms with Gasteiger partial charge in [0.25, 0.3) is 0 Å². The molecule has 5 nitrogen and oxygen atoms in total. The number of amides is 1. The number of hydrogen-bond donors (Lipinski definition) is 3. The highest BCUT2D eigenvalue weighted by Crippen LogP contribution is 2.39. The molecule has 0 aromatic heterocycles. The van der Waals surface area contributed by atoms with E-state index in [4.69, 9.17) is 10.9 Å². The second-order valence-electron chi connectivity index (χ2n) is 4.69. The van der Waals surface area contributed by atoms with Crippen LogP contribution in [0.15, 0.2) is 5.16 Å². The van der Waals surface area contributed by atoms with Crippen LogP contribution in [0.5, 0.6) is 0 Å².